The van der Waals surface area contributed by atoms with E-state index in [1.165, 1.54) is 11.3 Å². The SMILES string of the molecule is CN([11CH3])c1ccc(C#C/C=C/c2nc3ccc(O)cc3s2)cn1. The van der Waals surface area contributed by atoms with E-state index >= 15 is 0 Å². The van der Waals surface area contributed by atoms with Crippen molar-refractivity contribution < 1.29 is 5.11 Å². The quantitative estimate of drug-likeness (QED) is 0.734. The minimum Gasteiger partial charge on any atom is -0.508 e. The van der Waals surface area contributed by atoms with Gasteiger partial charge in [0.1, 0.15) is 16.6 Å². The summed E-state index contributed by atoms with van der Waals surface area (Å²) < 4.78 is 0.959. The number of anilines is 1. The molecule has 0 atom stereocenters. The van der Waals surface area contributed by atoms with Gasteiger partial charge in [-0.1, -0.05) is 11.8 Å². The molecule has 0 saturated carbocycles. The van der Waals surface area contributed by atoms with Crippen molar-refractivity contribution in [3.8, 4) is 17.6 Å². The van der Waals surface area contributed by atoms with E-state index in [0.29, 0.717) is 0 Å². The summed E-state index contributed by atoms with van der Waals surface area (Å²) in [6.07, 6.45) is 5.41. The molecule has 23 heavy (non-hydrogen) atoms. The van der Waals surface area contributed by atoms with E-state index < -0.39 is 0 Å². The first-order valence-electron chi connectivity index (χ1n) is 7.03. The number of hydrogen-bond acceptors (Lipinski definition) is 5. The molecule has 3 rings (SSSR count). The van der Waals surface area contributed by atoms with Gasteiger partial charge in [-0.2, -0.15) is 0 Å². The maximum Gasteiger partial charge on any atom is 0.128 e. The molecular formula is C18H15N3OS. The molecule has 0 amide bonds. The van der Waals surface area contributed by atoms with Crippen LogP contribution in [-0.4, -0.2) is 29.2 Å². The smallest absolute Gasteiger partial charge is 0.128 e. The molecule has 0 saturated heterocycles. The minimum absolute atomic E-state index is 0.255. The maximum atomic E-state index is 9.46. The van der Waals surface area contributed by atoms with Crippen molar-refractivity contribution in [3.63, 3.8) is 0 Å². The monoisotopic (exact) mass is 320 g/mol. The van der Waals surface area contributed by atoms with E-state index in [9.17, 15) is 5.11 Å². The molecule has 0 spiro atoms. The van der Waals surface area contributed by atoms with Crippen LogP contribution in [0.3, 0.4) is 0 Å². The first kappa shape index (κ1) is 15.1. The molecule has 1 aromatic carbocycles. The van der Waals surface area contributed by atoms with Crippen molar-refractivity contribution >= 4 is 33.4 Å². The van der Waals surface area contributed by atoms with Crippen LogP contribution in [-0.2, 0) is 0 Å². The average molecular weight is 320 g/mol. The lowest BCUT2D eigenvalue weighted by Crippen LogP contribution is -2.10. The Balaban J connectivity index is 1.73. The van der Waals surface area contributed by atoms with Crippen LogP contribution in [0.15, 0.2) is 42.6 Å². The van der Waals surface area contributed by atoms with Gasteiger partial charge in [0.25, 0.3) is 0 Å². The Labute approximate surface area is 138 Å². The number of thiazole rings is 1. The fourth-order valence-electron chi connectivity index (χ4n) is 1.96. The molecule has 2 heterocycles. The van der Waals surface area contributed by atoms with Gasteiger partial charge in [-0.25, -0.2) is 9.97 Å². The summed E-state index contributed by atoms with van der Waals surface area (Å²) in [5.41, 5.74) is 1.75. The molecule has 0 aliphatic heterocycles. The summed E-state index contributed by atoms with van der Waals surface area (Å²) in [5.74, 6) is 7.19. The third-order valence-corrected chi connectivity index (χ3v) is 4.10. The second kappa shape index (κ2) is 6.51. The molecule has 2 aromatic heterocycles. The number of fused-ring (bicyclic) bond motifs is 1. The van der Waals surface area contributed by atoms with Crippen LogP contribution in [0.1, 0.15) is 10.6 Å². The molecule has 0 fully saturated rings. The van der Waals surface area contributed by atoms with E-state index in [-0.39, 0.29) is 5.75 Å². The highest BCUT2D eigenvalue weighted by Gasteiger charge is 2.01. The Kier molecular flexibility index (Phi) is 4.26. The number of pyridine rings is 1. The lowest BCUT2D eigenvalue weighted by Gasteiger charge is -2.09. The highest BCUT2D eigenvalue weighted by molar-refractivity contribution is 7.19. The molecule has 0 aliphatic rings. The van der Waals surface area contributed by atoms with E-state index in [0.717, 1.165) is 26.6 Å². The summed E-state index contributed by atoms with van der Waals surface area (Å²) in [6, 6.07) is 9.05. The van der Waals surface area contributed by atoms with Crippen LogP contribution in [0, 0.1) is 11.8 Å². The summed E-state index contributed by atoms with van der Waals surface area (Å²) in [6.45, 7) is 0. The van der Waals surface area contributed by atoms with Crippen LogP contribution >= 0.6 is 11.3 Å². The number of aromatic nitrogens is 2. The van der Waals surface area contributed by atoms with Crippen LogP contribution in [0.4, 0.5) is 5.82 Å². The largest absolute Gasteiger partial charge is 0.508 e. The Morgan fingerprint density at radius 2 is 2.09 bits per heavy atom. The standard InChI is InChI=1S/C18H15N3OS/c1-21(2)17-10-7-13(12-19-17)5-3-4-6-18-20-15-9-8-14(22)11-16(15)23-18/h4,6-12,22H,1-2H3/b6-4+/i1-1. The van der Waals surface area contributed by atoms with E-state index in [1.54, 1.807) is 24.4 Å². The van der Waals surface area contributed by atoms with Crippen LogP contribution in [0.25, 0.3) is 16.3 Å². The molecule has 3 aromatic rings. The summed E-state index contributed by atoms with van der Waals surface area (Å²) in [4.78, 5) is 10.7. The normalized spacial score (nSPS) is 10.7. The molecular weight excluding hydrogens is 305 g/mol. The van der Waals surface area contributed by atoms with Gasteiger partial charge in [0.15, 0.2) is 0 Å². The lowest BCUT2D eigenvalue weighted by molar-refractivity contribution is 0.476. The fraction of sp³-hybridized carbons (Fsp3) is 0.111. The molecule has 0 bridgehead atoms. The number of rotatable bonds is 2. The molecule has 0 unspecified atom stereocenters. The van der Waals surface area contributed by atoms with Gasteiger partial charge in [0, 0.05) is 25.9 Å². The molecule has 5 heteroatoms. The fourth-order valence-corrected chi connectivity index (χ4v) is 2.87. The van der Waals surface area contributed by atoms with Gasteiger partial charge in [-0.15, -0.1) is 11.3 Å². The first-order chi connectivity index (χ1) is 11.1. The number of phenolic OH excluding ortho intramolecular Hbond substituents is 1. The van der Waals surface area contributed by atoms with Crippen molar-refractivity contribution in [3.05, 3.63) is 53.2 Å². The number of nitrogens with zero attached hydrogens (tertiary/aromatic N) is 3. The molecule has 114 valence electrons. The van der Waals surface area contributed by atoms with Gasteiger partial charge in [0.05, 0.1) is 10.2 Å². The van der Waals surface area contributed by atoms with Gasteiger partial charge in [0.2, 0.25) is 0 Å². The van der Waals surface area contributed by atoms with E-state index in [2.05, 4.69) is 21.8 Å². The van der Waals surface area contributed by atoms with Gasteiger partial charge in [-0.05, 0) is 42.5 Å². The number of phenols is 1. The third kappa shape index (κ3) is 3.68. The molecule has 0 radical (unpaired) electrons. The summed E-state index contributed by atoms with van der Waals surface area (Å²) >= 11 is 1.52. The van der Waals surface area contributed by atoms with Crippen molar-refractivity contribution in [2.75, 3.05) is 19.0 Å². The Morgan fingerprint density at radius 1 is 1.22 bits per heavy atom. The predicted octanol–water partition coefficient (Wildman–Crippen LogP) is 3.53. The predicted molar refractivity (Wildman–Crippen MR) is 95.8 cm³/mol. The van der Waals surface area contributed by atoms with Gasteiger partial charge < -0.3 is 10.0 Å². The zero-order chi connectivity index (χ0) is 16.2. The molecule has 4 nitrogen and oxygen atoms in total. The first-order valence-corrected chi connectivity index (χ1v) is 7.84. The van der Waals surface area contributed by atoms with Gasteiger partial charge >= 0.3 is 0 Å². The summed E-state index contributed by atoms with van der Waals surface area (Å²) in [5, 5.41) is 10.3. The van der Waals surface area contributed by atoms with Gasteiger partial charge in [-0.3, -0.25) is 0 Å². The number of benzene rings is 1. The third-order valence-electron chi connectivity index (χ3n) is 3.12. The highest BCUT2D eigenvalue weighted by Crippen LogP contribution is 2.26. The molecule has 1 N–H and O–H groups in total. The zero-order valence-corrected chi connectivity index (χ0v) is 13.6. The van der Waals surface area contributed by atoms with E-state index in [4.69, 9.17) is 0 Å². The number of aromatic hydroxyl groups is 1. The minimum atomic E-state index is 0.255. The Hall–Kier alpha value is -2.84. The maximum absolute atomic E-state index is 9.46. The lowest BCUT2D eigenvalue weighted by atomic mass is 10.2. The topological polar surface area (TPSA) is 49.2 Å². The Bertz CT molecular complexity index is 915. The highest BCUT2D eigenvalue weighted by atomic mass is 32.1. The number of allylic oxidation sites excluding steroid dienone is 1. The van der Waals surface area contributed by atoms with Crippen molar-refractivity contribution in [1.82, 2.24) is 9.97 Å². The van der Waals surface area contributed by atoms with Crippen molar-refractivity contribution in [1.29, 1.82) is 0 Å². The average Bonchev–Trinajstić information content (AvgIpc) is 2.94. The van der Waals surface area contributed by atoms with Crippen molar-refractivity contribution in [2.45, 2.75) is 0 Å². The van der Waals surface area contributed by atoms with Crippen LogP contribution < -0.4 is 4.90 Å². The van der Waals surface area contributed by atoms with Crippen LogP contribution in [0.5, 0.6) is 5.75 Å². The van der Waals surface area contributed by atoms with Crippen LogP contribution in [0.2, 0.25) is 0 Å². The van der Waals surface area contributed by atoms with Crippen molar-refractivity contribution in [2.24, 2.45) is 0 Å². The second-order valence-electron chi connectivity index (χ2n) is 5.11. The number of hydrogen-bond donors (Lipinski definition) is 1. The second-order valence-corrected chi connectivity index (χ2v) is 6.17. The zero-order valence-electron chi connectivity index (χ0n) is 12.8. The van der Waals surface area contributed by atoms with E-state index in [1.807, 2.05) is 43.3 Å². The summed E-state index contributed by atoms with van der Waals surface area (Å²) in [7, 11) is 3.91. The Morgan fingerprint density at radius 3 is 2.83 bits per heavy atom. The molecule has 0 aliphatic carbocycles.